The Morgan fingerprint density at radius 3 is 1.09 bits per heavy atom. The molecule has 0 saturated heterocycles. The van der Waals surface area contributed by atoms with Crippen molar-refractivity contribution in [1.29, 1.82) is 0 Å². The van der Waals surface area contributed by atoms with Crippen molar-refractivity contribution in [2.75, 3.05) is 9.80 Å². The lowest BCUT2D eigenvalue weighted by Gasteiger charge is -2.63. The third-order valence-electron chi connectivity index (χ3n) is 16.2. The van der Waals surface area contributed by atoms with Crippen LogP contribution in [0.5, 0.6) is 0 Å². The second-order valence-corrected chi connectivity index (χ2v) is 19.1. The van der Waals surface area contributed by atoms with E-state index in [1.807, 2.05) is 0 Å². The van der Waals surface area contributed by atoms with Crippen LogP contribution < -0.4 is 26.2 Å². The highest BCUT2D eigenvalue weighted by Crippen LogP contribution is 2.68. The van der Waals surface area contributed by atoms with Crippen LogP contribution in [0.15, 0.2) is 103 Å². The van der Waals surface area contributed by atoms with Crippen molar-refractivity contribution in [1.82, 2.24) is 0 Å². The van der Waals surface area contributed by atoms with Gasteiger partial charge in [-0.15, -0.1) is 0 Å². The normalized spacial score (nSPS) is 41.6. The lowest BCUT2D eigenvalue weighted by Crippen LogP contribution is -2.63. The molecular weight excluding hydrogens is 639 g/mol. The molecule has 0 unspecified atom stereocenters. The summed E-state index contributed by atoms with van der Waals surface area (Å²) in [6, 6.07) is -6.76. The van der Waals surface area contributed by atoms with Crippen LogP contribution in [0.25, 0.3) is 0 Å². The molecule has 0 N–H and O–H groups in total. The molecule has 2 nitrogen and oxygen atoms in total. The SMILES string of the molecule is [2H]c1c([2H])c2c3c(c1[2H])N(c1c([2H])c([2H])c(C45CC(C4)C5)c([2H])c1[2H])c1c([2H])c([2H])c(C45CC(C4)C5)c([2H])c1B3c1c([2H])c(C34CC(C3)C4)c([2H])c([2H])c1N2c1c([2H])c([2H])c(C23CC(C2)C3)c([2H])c1[2H]. The zero-order valence-corrected chi connectivity index (χ0v) is 29.3. The minimum absolute atomic E-state index is 0.0185. The number of hydrogen-bond donors (Lipinski definition) is 0. The van der Waals surface area contributed by atoms with Crippen LogP contribution in [0.3, 0.4) is 0 Å². The molecule has 258 valence electrons. The fourth-order valence-corrected chi connectivity index (χ4v) is 12.8. The first-order valence-corrected chi connectivity index (χ1v) is 19.8. The number of fused-ring (bicyclic) bond motifs is 4. The smallest absolute Gasteiger partial charge is 0.252 e. The van der Waals surface area contributed by atoms with E-state index in [-0.39, 0.29) is 110 Å². The molecule has 8 bridgehead atoms. The largest absolute Gasteiger partial charge is 0.311 e. The van der Waals surface area contributed by atoms with E-state index >= 15 is 0 Å². The summed E-state index contributed by atoms with van der Waals surface area (Å²) < 4.78 is 167. The average molecular weight is 702 g/mol. The van der Waals surface area contributed by atoms with E-state index in [1.54, 1.807) is 0 Å². The lowest BCUT2D eigenvalue weighted by molar-refractivity contribution is -0.0274. The van der Waals surface area contributed by atoms with Gasteiger partial charge in [0.05, 0.1) is 23.3 Å². The molecule has 3 heteroatoms. The van der Waals surface area contributed by atoms with Crippen LogP contribution in [0.2, 0.25) is 0 Å². The first-order valence-electron chi connectivity index (χ1n) is 28.3. The zero-order chi connectivity index (χ0) is 48.8. The minimum Gasteiger partial charge on any atom is -0.311 e. The highest BCUT2D eigenvalue weighted by atomic mass is 15.2. The maximum atomic E-state index is 10.4. The van der Waals surface area contributed by atoms with Crippen molar-refractivity contribution in [3.63, 3.8) is 0 Å². The Balaban J connectivity index is 1.11. The van der Waals surface area contributed by atoms with Gasteiger partial charge in [0.25, 0.3) is 6.71 Å². The molecule has 0 radical (unpaired) electrons. The first-order chi connectivity index (χ1) is 33.1. The summed E-state index contributed by atoms with van der Waals surface area (Å²) in [6.07, 6.45) is 8.54. The van der Waals surface area contributed by atoms with Gasteiger partial charge in [-0.3, -0.25) is 0 Å². The van der Waals surface area contributed by atoms with Gasteiger partial charge in [-0.05, 0) is 209 Å². The molecule has 19 rings (SSSR count). The third kappa shape index (κ3) is 3.24. The van der Waals surface area contributed by atoms with E-state index in [0.717, 1.165) is 38.5 Å². The van der Waals surface area contributed by atoms with Crippen LogP contribution in [-0.4, -0.2) is 6.71 Å². The Labute approximate surface area is 337 Å². The van der Waals surface area contributed by atoms with E-state index in [1.165, 1.54) is 9.80 Å². The molecule has 5 aromatic carbocycles. The van der Waals surface area contributed by atoms with Crippen molar-refractivity contribution in [3.8, 4) is 0 Å². The Morgan fingerprint density at radius 1 is 0.415 bits per heavy atom. The van der Waals surface area contributed by atoms with E-state index in [9.17, 15) is 23.3 Å². The van der Waals surface area contributed by atoms with Gasteiger partial charge in [-0.1, -0.05) is 54.4 Å². The fourth-order valence-electron chi connectivity index (χ4n) is 12.8. The van der Waals surface area contributed by atoms with Crippen molar-refractivity contribution in [3.05, 3.63) is 125 Å². The topological polar surface area (TPSA) is 6.48 Å². The second-order valence-electron chi connectivity index (χ2n) is 19.1. The fraction of sp³-hybridized carbons (Fsp3) is 0.400. The predicted octanol–water partition coefficient (Wildman–Crippen LogP) is 9.98. The highest BCUT2D eigenvalue weighted by molar-refractivity contribution is 7.00. The Bertz CT molecular complexity index is 3130. The first kappa shape index (κ1) is 17.5. The van der Waals surface area contributed by atoms with E-state index < -0.39 is 82.8 Å². The van der Waals surface area contributed by atoms with Crippen molar-refractivity contribution >= 4 is 57.2 Å². The average Bonchev–Trinajstić information content (AvgIpc) is 3.19. The number of nitrogens with zero attached hydrogens (tertiary/aromatic N) is 2. The monoisotopic (exact) mass is 701 g/mol. The molecule has 0 amide bonds. The number of anilines is 6. The lowest BCUT2D eigenvalue weighted by atomic mass is 9.32. The van der Waals surface area contributed by atoms with Crippen LogP contribution in [0, 0.1) is 23.7 Å². The van der Waals surface area contributed by atoms with Crippen LogP contribution >= 0.6 is 0 Å². The second kappa shape index (κ2) is 8.83. The molecule has 5 aromatic rings. The molecule has 14 aliphatic rings. The molecule has 12 saturated carbocycles. The van der Waals surface area contributed by atoms with Crippen LogP contribution in [0.4, 0.5) is 34.1 Å². The molecule has 53 heavy (non-hydrogen) atoms. The van der Waals surface area contributed by atoms with Crippen LogP contribution in [-0.2, 0) is 21.7 Å². The summed E-state index contributed by atoms with van der Waals surface area (Å²) in [5.74, 6) is 1.68. The maximum absolute atomic E-state index is 10.4. The highest BCUT2D eigenvalue weighted by Gasteiger charge is 2.60. The minimum atomic E-state index is -1.40. The number of benzene rings is 5. The Morgan fingerprint density at radius 2 is 0.755 bits per heavy atom. The standard InChI is InChI=1S/C50H45BN2/c1-2-44-46-45(3-1)53(39-12-6-35(7-13-39)48-21-31(22-48)23-48)43-15-9-37(50-27-33(28-50)29-50)17-41(43)51(46)40-16-36(49-24-32(25-49)26-49)8-14-42(40)52(44)38-10-4-34(5-11-38)47-18-30(19-47)20-47/h1-17,30-33H,18-29H2/i1D,2D,3D,4D,5D,6D,7D,8D,9D,10D,11D,12D,13D,14D,15D,16D,17D. The summed E-state index contributed by atoms with van der Waals surface area (Å²) in [5.41, 5.74) is -2.62. The van der Waals surface area contributed by atoms with Gasteiger partial charge in [0.15, 0.2) is 0 Å². The summed E-state index contributed by atoms with van der Waals surface area (Å²) in [7, 11) is 0. The van der Waals surface area contributed by atoms with Gasteiger partial charge >= 0.3 is 0 Å². The number of rotatable bonds is 6. The van der Waals surface area contributed by atoms with E-state index in [2.05, 4.69) is 0 Å². The predicted molar refractivity (Wildman–Crippen MR) is 217 cm³/mol. The summed E-state index contributed by atoms with van der Waals surface area (Å²) in [5, 5.41) is 0. The molecule has 2 aliphatic heterocycles. The van der Waals surface area contributed by atoms with Crippen LogP contribution in [0.1, 0.15) is 123 Å². The molecular formula is C50H45BN2. The summed E-state index contributed by atoms with van der Waals surface area (Å²) in [4.78, 5) is 2.41. The molecule has 0 spiro atoms. The zero-order valence-electron chi connectivity index (χ0n) is 46.3. The molecule has 0 atom stereocenters. The molecule has 12 aliphatic carbocycles. The maximum Gasteiger partial charge on any atom is 0.252 e. The van der Waals surface area contributed by atoms with Crippen molar-refractivity contribution < 1.29 is 23.3 Å². The molecule has 0 aromatic heterocycles. The van der Waals surface area contributed by atoms with Gasteiger partial charge < -0.3 is 9.80 Å². The molecule has 2 heterocycles. The van der Waals surface area contributed by atoms with Gasteiger partial charge in [0.2, 0.25) is 0 Å². The summed E-state index contributed by atoms with van der Waals surface area (Å²) >= 11 is 0. The number of hydrogen-bond acceptors (Lipinski definition) is 2. The quantitative estimate of drug-likeness (QED) is 0.159. The van der Waals surface area contributed by atoms with Gasteiger partial charge in [0.1, 0.15) is 0 Å². The Hall–Kier alpha value is -4.24. The summed E-state index contributed by atoms with van der Waals surface area (Å²) in [6.45, 7) is -1.40. The Kier molecular flexibility index (Phi) is 2.91. The van der Waals surface area contributed by atoms with E-state index in [4.69, 9.17) is 0 Å². The van der Waals surface area contributed by atoms with Gasteiger partial charge in [0, 0.05) is 34.1 Å². The third-order valence-corrected chi connectivity index (χ3v) is 16.2. The van der Waals surface area contributed by atoms with Crippen molar-refractivity contribution in [2.24, 2.45) is 23.7 Å². The van der Waals surface area contributed by atoms with Gasteiger partial charge in [-0.25, -0.2) is 0 Å². The molecule has 12 fully saturated rings. The van der Waals surface area contributed by atoms with E-state index in [0.29, 0.717) is 73.3 Å². The van der Waals surface area contributed by atoms with Crippen molar-refractivity contribution in [2.45, 2.75) is 98.7 Å². The van der Waals surface area contributed by atoms with Gasteiger partial charge in [-0.2, -0.15) is 0 Å².